The maximum atomic E-state index is 13.0. The third kappa shape index (κ3) is 4.64. The van der Waals surface area contributed by atoms with E-state index in [2.05, 4.69) is 22.2 Å². The zero-order valence-electron chi connectivity index (χ0n) is 17.6. The number of carbonyl (C=O) groups is 1. The number of hydrogen-bond acceptors (Lipinski definition) is 5. The number of fused-ring (bicyclic) bond motifs is 1. The number of ether oxygens (including phenoxy) is 1. The molecule has 31 heavy (non-hydrogen) atoms. The van der Waals surface area contributed by atoms with Crippen LogP contribution in [0.25, 0.3) is 10.9 Å². The third-order valence-corrected chi connectivity index (χ3v) is 5.08. The Morgan fingerprint density at radius 1 is 1.03 bits per heavy atom. The maximum absolute atomic E-state index is 13.0. The summed E-state index contributed by atoms with van der Waals surface area (Å²) < 4.78 is 5.90. The predicted octanol–water partition coefficient (Wildman–Crippen LogP) is 4.91. The van der Waals surface area contributed by atoms with Gasteiger partial charge in [0.1, 0.15) is 24.0 Å². The number of aromatic nitrogens is 2. The van der Waals surface area contributed by atoms with Crippen molar-refractivity contribution in [3.63, 3.8) is 0 Å². The van der Waals surface area contributed by atoms with Gasteiger partial charge in [-0.2, -0.15) is 0 Å². The van der Waals surface area contributed by atoms with Gasteiger partial charge in [-0.15, -0.1) is 0 Å². The average molecular weight is 412 g/mol. The van der Waals surface area contributed by atoms with Crippen molar-refractivity contribution in [2.75, 3.05) is 11.1 Å². The van der Waals surface area contributed by atoms with Gasteiger partial charge in [-0.1, -0.05) is 37.3 Å². The molecule has 0 unspecified atom stereocenters. The Labute approximate surface area is 181 Å². The number of amides is 1. The zero-order chi connectivity index (χ0) is 21.8. The van der Waals surface area contributed by atoms with E-state index in [1.807, 2.05) is 48.5 Å². The summed E-state index contributed by atoms with van der Waals surface area (Å²) in [5.41, 5.74) is 10.0. The van der Waals surface area contributed by atoms with Crippen LogP contribution >= 0.6 is 0 Å². The molecule has 1 amide bonds. The summed E-state index contributed by atoms with van der Waals surface area (Å²) in [7, 11) is 0. The van der Waals surface area contributed by atoms with Crippen LogP contribution in [0.2, 0.25) is 0 Å². The molecule has 0 saturated heterocycles. The molecule has 0 aliphatic rings. The number of nitrogen functional groups attached to an aromatic ring is 1. The minimum Gasteiger partial charge on any atom is -0.489 e. The first-order valence-corrected chi connectivity index (χ1v) is 10.2. The number of anilines is 2. The van der Waals surface area contributed by atoms with Crippen molar-refractivity contribution < 1.29 is 9.53 Å². The molecule has 1 aromatic heterocycles. The Morgan fingerprint density at radius 3 is 2.58 bits per heavy atom. The fourth-order valence-corrected chi connectivity index (χ4v) is 3.40. The highest BCUT2D eigenvalue weighted by Crippen LogP contribution is 2.23. The monoisotopic (exact) mass is 412 g/mol. The lowest BCUT2D eigenvalue weighted by Crippen LogP contribution is -2.15. The third-order valence-electron chi connectivity index (χ3n) is 5.08. The minimum atomic E-state index is -0.216. The molecule has 6 heteroatoms. The maximum Gasteiger partial charge on any atom is 0.256 e. The fraction of sp³-hybridized carbons (Fsp3) is 0.160. The second-order valence-electron chi connectivity index (χ2n) is 7.29. The fourth-order valence-electron chi connectivity index (χ4n) is 3.40. The van der Waals surface area contributed by atoms with Gasteiger partial charge in [0.15, 0.2) is 0 Å². The largest absolute Gasteiger partial charge is 0.489 e. The van der Waals surface area contributed by atoms with E-state index in [9.17, 15) is 4.79 Å². The van der Waals surface area contributed by atoms with Crippen molar-refractivity contribution in [3.05, 3.63) is 89.2 Å². The number of aryl methyl sites for hydroxylation is 2. The summed E-state index contributed by atoms with van der Waals surface area (Å²) >= 11 is 0. The highest BCUT2D eigenvalue weighted by atomic mass is 16.5. The number of nitrogens with one attached hydrogen (secondary N) is 1. The molecule has 0 saturated carbocycles. The summed E-state index contributed by atoms with van der Waals surface area (Å²) in [5, 5.41) is 3.64. The van der Waals surface area contributed by atoms with Crippen LogP contribution in [-0.4, -0.2) is 15.9 Å². The molecule has 6 nitrogen and oxygen atoms in total. The quantitative estimate of drug-likeness (QED) is 0.469. The highest BCUT2D eigenvalue weighted by molar-refractivity contribution is 6.06. The molecule has 0 fully saturated rings. The summed E-state index contributed by atoms with van der Waals surface area (Å²) in [4.78, 5) is 21.5. The minimum absolute atomic E-state index is 0.216. The Bertz CT molecular complexity index is 1240. The lowest BCUT2D eigenvalue weighted by atomic mass is 10.1. The first-order valence-electron chi connectivity index (χ1n) is 10.2. The van der Waals surface area contributed by atoms with Crippen molar-refractivity contribution >= 4 is 28.3 Å². The van der Waals surface area contributed by atoms with Crippen molar-refractivity contribution in [2.45, 2.75) is 26.9 Å². The van der Waals surface area contributed by atoms with Crippen LogP contribution in [0.4, 0.5) is 11.5 Å². The molecule has 156 valence electrons. The van der Waals surface area contributed by atoms with Crippen LogP contribution in [0.3, 0.4) is 0 Å². The van der Waals surface area contributed by atoms with E-state index in [0.29, 0.717) is 34.9 Å². The van der Waals surface area contributed by atoms with Crippen LogP contribution < -0.4 is 15.8 Å². The van der Waals surface area contributed by atoms with Crippen LogP contribution in [-0.2, 0) is 13.0 Å². The van der Waals surface area contributed by atoms with E-state index in [4.69, 9.17) is 10.5 Å². The normalized spacial score (nSPS) is 10.8. The number of hydrogen-bond donors (Lipinski definition) is 2. The standard InChI is InChI=1S/C25H24N4O2/c1-3-17-8-11-20(12-9-17)31-15-18-6-4-5-7-21(18)25(30)29-19-10-13-23-22(14-19)24(26)28-16(2)27-23/h4-14H,3,15H2,1-2H3,(H,29,30)(H2,26,27,28). The number of nitrogens with zero attached hydrogens (tertiary/aromatic N) is 2. The van der Waals surface area contributed by atoms with Gasteiger partial charge in [0.2, 0.25) is 0 Å². The summed E-state index contributed by atoms with van der Waals surface area (Å²) in [5.74, 6) is 1.56. The predicted molar refractivity (Wildman–Crippen MR) is 123 cm³/mol. The van der Waals surface area contributed by atoms with Crippen molar-refractivity contribution in [3.8, 4) is 5.75 Å². The first-order chi connectivity index (χ1) is 15.0. The summed E-state index contributed by atoms with van der Waals surface area (Å²) in [6.07, 6.45) is 0.982. The molecule has 0 bridgehead atoms. The van der Waals surface area contributed by atoms with Gasteiger partial charge in [-0.3, -0.25) is 4.79 Å². The second kappa shape index (κ2) is 8.83. The highest BCUT2D eigenvalue weighted by Gasteiger charge is 2.13. The van der Waals surface area contributed by atoms with Gasteiger partial charge in [0.05, 0.1) is 5.52 Å². The number of carbonyl (C=O) groups excluding carboxylic acids is 1. The van der Waals surface area contributed by atoms with Crippen LogP contribution in [0.5, 0.6) is 5.75 Å². The topological polar surface area (TPSA) is 90.1 Å². The molecule has 0 atom stereocenters. The molecule has 0 radical (unpaired) electrons. The first kappa shape index (κ1) is 20.3. The summed E-state index contributed by atoms with van der Waals surface area (Å²) in [6, 6.07) is 20.8. The van der Waals surface area contributed by atoms with E-state index >= 15 is 0 Å². The summed E-state index contributed by atoms with van der Waals surface area (Å²) in [6.45, 7) is 4.21. The van der Waals surface area contributed by atoms with Crippen molar-refractivity contribution in [1.29, 1.82) is 0 Å². The molecule has 0 spiro atoms. The van der Waals surface area contributed by atoms with E-state index < -0.39 is 0 Å². The Balaban J connectivity index is 1.51. The van der Waals surface area contributed by atoms with Gasteiger partial charge in [-0.05, 0) is 55.3 Å². The molecule has 3 N–H and O–H groups in total. The van der Waals surface area contributed by atoms with Gasteiger partial charge in [-0.25, -0.2) is 9.97 Å². The number of rotatable bonds is 6. The van der Waals surface area contributed by atoms with Gasteiger partial charge >= 0.3 is 0 Å². The van der Waals surface area contributed by atoms with Crippen LogP contribution in [0.1, 0.15) is 34.2 Å². The number of nitrogens with two attached hydrogens (primary N) is 1. The molecular weight excluding hydrogens is 388 g/mol. The lowest BCUT2D eigenvalue weighted by Gasteiger charge is -2.12. The SMILES string of the molecule is CCc1ccc(OCc2ccccc2C(=O)Nc2ccc3nc(C)nc(N)c3c2)cc1. The molecule has 0 aliphatic carbocycles. The second-order valence-corrected chi connectivity index (χ2v) is 7.29. The molecule has 1 heterocycles. The van der Waals surface area contributed by atoms with Crippen LogP contribution in [0.15, 0.2) is 66.7 Å². The molecule has 0 aliphatic heterocycles. The molecule has 4 aromatic rings. The molecular formula is C25H24N4O2. The van der Waals surface area contributed by atoms with E-state index in [1.165, 1.54) is 5.56 Å². The van der Waals surface area contributed by atoms with E-state index in [-0.39, 0.29) is 5.91 Å². The lowest BCUT2D eigenvalue weighted by molar-refractivity contribution is 0.102. The molecule has 4 rings (SSSR count). The average Bonchev–Trinajstić information content (AvgIpc) is 2.78. The van der Waals surface area contributed by atoms with Crippen molar-refractivity contribution in [1.82, 2.24) is 9.97 Å². The van der Waals surface area contributed by atoms with Gasteiger partial charge in [0.25, 0.3) is 5.91 Å². The Hall–Kier alpha value is -3.93. The van der Waals surface area contributed by atoms with Crippen LogP contribution in [0, 0.1) is 6.92 Å². The smallest absolute Gasteiger partial charge is 0.256 e. The van der Waals surface area contributed by atoms with Gasteiger partial charge < -0.3 is 15.8 Å². The molecule has 3 aromatic carbocycles. The number of benzene rings is 3. The van der Waals surface area contributed by atoms with Gasteiger partial charge in [0, 0.05) is 22.2 Å². The van der Waals surface area contributed by atoms with Crippen molar-refractivity contribution in [2.24, 2.45) is 0 Å². The van der Waals surface area contributed by atoms with E-state index in [1.54, 1.807) is 25.1 Å². The van der Waals surface area contributed by atoms with E-state index in [0.717, 1.165) is 23.3 Å². The Kier molecular flexibility index (Phi) is 5.80. The zero-order valence-corrected chi connectivity index (χ0v) is 17.6. The Morgan fingerprint density at radius 2 is 1.81 bits per heavy atom.